The topological polar surface area (TPSA) is 78.5 Å². The Hall–Kier alpha value is -3.15. The van der Waals surface area contributed by atoms with Crippen LogP contribution in [0.15, 0.2) is 48.5 Å². The molecule has 4 rings (SSSR count). The largest absolute Gasteiger partial charge is 0.347 e. The molecule has 168 valence electrons. The van der Waals surface area contributed by atoms with Crippen LogP contribution in [0.1, 0.15) is 68.3 Å². The minimum atomic E-state index is -1.04. The first-order chi connectivity index (χ1) is 15.2. The Morgan fingerprint density at radius 2 is 1.69 bits per heavy atom. The van der Waals surface area contributed by atoms with Crippen LogP contribution in [0.25, 0.3) is 0 Å². The molecule has 4 amide bonds. The van der Waals surface area contributed by atoms with Crippen molar-refractivity contribution in [2.75, 3.05) is 6.54 Å². The van der Waals surface area contributed by atoms with Crippen molar-refractivity contribution >= 4 is 17.8 Å². The van der Waals surface area contributed by atoms with Gasteiger partial charge in [-0.25, -0.2) is 4.79 Å². The van der Waals surface area contributed by atoms with E-state index in [2.05, 4.69) is 36.6 Å². The Kier molecular flexibility index (Phi) is 5.80. The summed E-state index contributed by atoms with van der Waals surface area (Å²) in [5.41, 5.74) is 3.11. The highest BCUT2D eigenvalue weighted by Crippen LogP contribution is 2.41. The van der Waals surface area contributed by atoms with Gasteiger partial charge in [0.15, 0.2) is 0 Å². The van der Waals surface area contributed by atoms with Crippen molar-refractivity contribution in [2.24, 2.45) is 5.92 Å². The molecular formula is C26H31N3O3. The van der Waals surface area contributed by atoms with Crippen molar-refractivity contribution in [3.63, 3.8) is 0 Å². The van der Waals surface area contributed by atoms with Crippen molar-refractivity contribution in [1.29, 1.82) is 0 Å². The Morgan fingerprint density at radius 3 is 2.34 bits per heavy atom. The second-order valence-electron chi connectivity index (χ2n) is 9.49. The van der Waals surface area contributed by atoms with Gasteiger partial charge < -0.3 is 10.6 Å². The number of carbonyl (C=O) groups is 3. The maximum atomic E-state index is 13.3. The zero-order chi connectivity index (χ0) is 23.0. The van der Waals surface area contributed by atoms with E-state index in [1.54, 1.807) is 0 Å². The van der Waals surface area contributed by atoms with E-state index in [-0.39, 0.29) is 30.3 Å². The summed E-state index contributed by atoms with van der Waals surface area (Å²) in [6, 6.07) is 15.2. The van der Waals surface area contributed by atoms with Gasteiger partial charge in [0.2, 0.25) is 5.91 Å². The minimum absolute atomic E-state index is 0.153. The second kappa shape index (κ2) is 8.41. The van der Waals surface area contributed by atoms with Crippen molar-refractivity contribution in [2.45, 2.75) is 58.0 Å². The summed E-state index contributed by atoms with van der Waals surface area (Å²) in [5, 5.41) is 5.91. The standard InChI is InChI=1S/C26H31N3O3/c1-16(2)18-9-11-20(12-10-18)23(17(3)4)27-22(30)15-29-24(31)26(28-25(29)32)14-13-19-7-5-6-8-21(19)26/h5-12,16-17,23H,13-15H2,1-4H3,(H,27,30)(H,28,32)/t23-,26+/m0/s1. The number of imide groups is 1. The zero-order valence-electron chi connectivity index (χ0n) is 19.1. The van der Waals surface area contributed by atoms with E-state index in [1.807, 2.05) is 50.2 Å². The number of carbonyl (C=O) groups excluding carboxylic acids is 3. The van der Waals surface area contributed by atoms with E-state index in [0.29, 0.717) is 12.3 Å². The molecule has 0 radical (unpaired) electrons. The summed E-state index contributed by atoms with van der Waals surface area (Å²) in [7, 11) is 0. The molecule has 1 heterocycles. The molecular weight excluding hydrogens is 402 g/mol. The molecule has 0 saturated carbocycles. The summed E-state index contributed by atoms with van der Waals surface area (Å²) >= 11 is 0. The van der Waals surface area contributed by atoms with Crippen LogP contribution in [0, 0.1) is 5.92 Å². The minimum Gasteiger partial charge on any atom is -0.347 e. The van der Waals surface area contributed by atoms with Crippen LogP contribution in [0.4, 0.5) is 4.79 Å². The molecule has 0 bridgehead atoms. The maximum absolute atomic E-state index is 13.3. The van der Waals surface area contributed by atoms with Gasteiger partial charge in [-0.3, -0.25) is 14.5 Å². The van der Waals surface area contributed by atoms with E-state index < -0.39 is 11.6 Å². The lowest BCUT2D eigenvalue weighted by molar-refractivity contribution is -0.135. The number of amides is 4. The van der Waals surface area contributed by atoms with Crippen molar-refractivity contribution in [1.82, 2.24) is 15.5 Å². The lowest BCUT2D eigenvalue weighted by Crippen LogP contribution is -2.44. The molecule has 0 aromatic heterocycles. The van der Waals surface area contributed by atoms with E-state index >= 15 is 0 Å². The Morgan fingerprint density at radius 1 is 1.03 bits per heavy atom. The fraction of sp³-hybridized carbons (Fsp3) is 0.423. The predicted molar refractivity (Wildman–Crippen MR) is 123 cm³/mol. The average Bonchev–Trinajstić information content (AvgIpc) is 3.25. The van der Waals surface area contributed by atoms with Crippen LogP contribution in [-0.4, -0.2) is 29.3 Å². The maximum Gasteiger partial charge on any atom is 0.325 e. The molecule has 6 heteroatoms. The van der Waals surface area contributed by atoms with E-state index in [1.165, 1.54) is 5.56 Å². The van der Waals surface area contributed by atoms with Crippen LogP contribution in [-0.2, 0) is 21.5 Å². The van der Waals surface area contributed by atoms with Gasteiger partial charge in [0.1, 0.15) is 12.1 Å². The van der Waals surface area contributed by atoms with Gasteiger partial charge in [-0.1, -0.05) is 76.2 Å². The van der Waals surface area contributed by atoms with Crippen LogP contribution < -0.4 is 10.6 Å². The first-order valence-corrected chi connectivity index (χ1v) is 11.3. The van der Waals surface area contributed by atoms with Gasteiger partial charge in [-0.05, 0) is 46.9 Å². The van der Waals surface area contributed by atoms with Crippen LogP contribution in [0.5, 0.6) is 0 Å². The number of urea groups is 1. The first kappa shape index (κ1) is 22.1. The predicted octanol–water partition coefficient (Wildman–Crippen LogP) is 4.02. The number of rotatable bonds is 6. The van der Waals surface area contributed by atoms with Gasteiger partial charge in [0, 0.05) is 0 Å². The molecule has 1 saturated heterocycles. The second-order valence-corrected chi connectivity index (χ2v) is 9.49. The molecule has 2 aromatic carbocycles. The molecule has 1 aliphatic heterocycles. The summed E-state index contributed by atoms with van der Waals surface area (Å²) in [4.78, 5) is 40.0. The third-order valence-electron chi connectivity index (χ3n) is 6.67. The van der Waals surface area contributed by atoms with Gasteiger partial charge in [-0.2, -0.15) is 0 Å². The summed E-state index contributed by atoms with van der Waals surface area (Å²) in [6.07, 6.45) is 1.25. The normalized spacial score (nSPS) is 20.8. The average molecular weight is 434 g/mol. The van der Waals surface area contributed by atoms with Crippen LogP contribution >= 0.6 is 0 Å². The Bertz CT molecular complexity index is 1040. The monoisotopic (exact) mass is 433 g/mol. The van der Waals surface area contributed by atoms with E-state index in [9.17, 15) is 14.4 Å². The smallest absolute Gasteiger partial charge is 0.325 e. The molecule has 1 aliphatic carbocycles. The number of nitrogens with zero attached hydrogens (tertiary/aromatic N) is 1. The summed E-state index contributed by atoms with van der Waals surface area (Å²) in [5.74, 6) is -0.0997. The van der Waals surface area contributed by atoms with Gasteiger partial charge in [0.25, 0.3) is 5.91 Å². The van der Waals surface area contributed by atoms with Gasteiger partial charge in [0.05, 0.1) is 6.04 Å². The number of hydrogen-bond acceptors (Lipinski definition) is 3. The molecule has 2 aromatic rings. The molecule has 6 nitrogen and oxygen atoms in total. The highest BCUT2D eigenvalue weighted by molar-refractivity contribution is 6.09. The van der Waals surface area contributed by atoms with Crippen molar-refractivity contribution in [3.05, 3.63) is 70.8 Å². The summed E-state index contributed by atoms with van der Waals surface area (Å²) in [6.45, 7) is 8.08. The Balaban J connectivity index is 1.48. The number of benzene rings is 2. The van der Waals surface area contributed by atoms with Crippen molar-refractivity contribution < 1.29 is 14.4 Å². The molecule has 1 spiro atoms. The Labute approximate surface area is 189 Å². The lowest BCUT2D eigenvalue weighted by Gasteiger charge is -2.25. The molecule has 1 fully saturated rings. The lowest BCUT2D eigenvalue weighted by atomic mass is 9.92. The van der Waals surface area contributed by atoms with E-state index in [4.69, 9.17) is 0 Å². The molecule has 2 aliphatic rings. The first-order valence-electron chi connectivity index (χ1n) is 11.3. The quantitative estimate of drug-likeness (QED) is 0.676. The zero-order valence-corrected chi connectivity index (χ0v) is 19.1. The summed E-state index contributed by atoms with van der Waals surface area (Å²) < 4.78 is 0. The third-order valence-corrected chi connectivity index (χ3v) is 6.67. The SMILES string of the molecule is CC(C)c1ccc([C@@H](NC(=O)CN2C(=O)N[C@@]3(CCc4ccccc43)C2=O)C(C)C)cc1. The highest BCUT2D eigenvalue weighted by Gasteiger charge is 2.55. The molecule has 32 heavy (non-hydrogen) atoms. The number of hydrogen-bond donors (Lipinski definition) is 2. The number of aryl methyl sites for hydroxylation is 1. The fourth-order valence-corrected chi connectivity index (χ4v) is 4.82. The molecule has 2 atom stereocenters. The third kappa shape index (κ3) is 3.78. The van der Waals surface area contributed by atoms with Crippen molar-refractivity contribution in [3.8, 4) is 0 Å². The number of nitrogens with one attached hydrogen (secondary N) is 2. The molecule has 0 unspecified atom stereocenters. The number of fused-ring (bicyclic) bond motifs is 2. The van der Waals surface area contributed by atoms with Crippen LogP contribution in [0.2, 0.25) is 0 Å². The van der Waals surface area contributed by atoms with Gasteiger partial charge in [-0.15, -0.1) is 0 Å². The fourth-order valence-electron chi connectivity index (χ4n) is 4.82. The van der Waals surface area contributed by atoms with E-state index in [0.717, 1.165) is 28.0 Å². The molecule has 2 N–H and O–H groups in total. The van der Waals surface area contributed by atoms with Crippen LogP contribution in [0.3, 0.4) is 0 Å². The van der Waals surface area contributed by atoms with Gasteiger partial charge >= 0.3 is 6.03 Å². The highest BCUT2D eigenvalue weighted by atomic mass is 16.2.